The lowest BCUT2D eigenvalue weighted by molar-refractivity contribution is 0.0696. The number of carbonyl (C=O) groups is 1. The van der Waals surface area contributed by atoms with E-state index in [9.17, 15) is 4.79 Å². The number of ether oxygens (including phenoxy) is 1. The van der Waals surface area contributed by atoms with Crippen LogP contribution >= 0.6 is 24.4 Å². The number of amides is 1. The highest BCUT2D eigenvalue weighted by molar-refractivity contribution is 8.00. The van der Waals surface area contributed by atoms with Gasteiger partial charge in [-0.15, -0.1) is 12.6 Å². The Hall–Kier alpha value is -2.91. The predicted octanol–water partition coefficient (Wildman–Crippen LogP) is 5.72. The molecule has 1 saturated heterocycles. The van der Waals surface area contributed by atoms with Crippen molar-refractivity contribution in [2.24, 2.45) is 11.5 Å². The van der Waals surface area contributed by atoms with Crippen LogP contribution in [0.5, 0.6) is 0 Å². The van der Waals surface area contributed by atoms with Crippen molar-refractivity contribution in [2.75, 3.05) is 25.2 Å². The lowest BCUT2D eigenvalue weighted by Crippen LogP contribution is -2.43. The molecule has 2 heterocycles. The highest BCUT2D eigenvalue weighted by atomic mass is 32.2. The second-order valence-electron chi connectivity index (χ2n) is 10.5. The van der Waals surface area contributed by atoms with E-state index in [0.717, 1.165) is 54.2 Å². The van der Waals surface area contributed by atoms with E-state index in [0.29, 0.717) is 5.56 Å². The van der Waals surface area contributed by atoms with Gasteiger partial charge in [0.05, 0.1) is 11.1 Å². The van der Waals surface area contributed by atoms with E-state index in [2.05, 4.69) is 78.4 Å². The van der Waals surface area contributed by atoms with E-state index >= 15 is 0 Å². The SMILES string of the molecule is CC(C)=C(N)c1cccc(CC(N)C2Sc3ccccc3N2C)c1.O=C(NC1CCOCC1)c1cccc(S)c1. The molecule has 8 heteroatoms. The van der Waals surface area contributed by atoms with Crippen molar-refractivity contribution in [1.82, 2.24) is 5.32 Å². The molecule has 0 aromatic heterocycles. The molecular formula is C32H40N4O2S2. The van der Waals surface area contributed by atoms with Crippen LogP contribution in [0.4, 0.5) is 5.69 Å². The van der Waals surface area contributed by atoms with Crippen LogP contribution in [0, 0.1) is 0 Å². The van der Waals surface area contributed by atoms with Gasteiger partial charge in [-0.25, -0.2) is 0 Å². The Morgan fingerprint density at radius 1 is 1.05 bits per heavy atom. The molecule has 0 radical (unpaired) electrons. The molecule has 5 N–H and O–H groups in total. The lowest BCUT2D eigenvalue weighted by atomic mass is 10.0. The second-order valence-corrected chi connectivity index (χ2v) is 12.2. The van der Waals surface area contributed by atoms with Crippen molar-refractivity contribution in [3.05, 3.63) is 95.1 Å². The number of allylic oxidation sites excluding steroid dienone is 1. The number of nitrogens with zero attached hydrogens (tertiary/aromatic N) is 1. The normalized spacial score (nSPS) is 17.3. The van der Waals surface area contributed by atoms with Crippen LogP contribution in [0.1, 0.15) is 48.2 Å². The third-order valence-corrected chi connectivity index (χ3v) is 8.94. The topological polar surface area (TPSA) is 93.6 Å². The number of para-hydroxylation sites is 1. The first-order valence-electron chi connectivity index (χ1n) is 13.7. The first kappa shape index (κ1) is 30.1. The summed E-state index contributed by atoms with van der Waals surface area (Å²) in [4.78, 5) is 16.3. The maximum atomic E-state index is 11.9. The highest BCUT2D eigenvalue weighted by Gasteiger charge is 2.31. The number of nitrogens with two attached hydrogens (primary N) is 2. The fourth-order valence-electron chi connectivity index (χ4n) is 4.85. The summed E-state index contributed by atoms with van der Waals surface area (Å²) in [7, 11) is 2.13. The first-order valence-corrected chi connectivity index (χ1v) is 15.0. The van der Waals surface area contributed by atoms with Gasteiger partial charge in [-0.3, -0.25) is 4.79 Å². The molecule has 1 fully saturated rings. The van der Waals surface area contributed by atoms with Gasteiger partial charge in [-0.05, 0) is 80.6 Å². The summed E-state index contributed by atoms with van der Waals surface area (Å²) in [6.45, 7) is 5.54. The highest BCUT2D eigenvalue weighted by Crippen LogP contribution is 2.43. The Labute approximate surface area is 248 Å². The number of thioether (sulfide) groups is 1. The molecule has 6 nitrogen and oxygen atoms in total. The van der Waals surface area contributed by atoms with Crippen LogP contribution in [0.25, 0.3) is 5.70 Å². The molecule has 1 amide bonds. The lowest BCUT2D eigenvalue weighted by Gasteiger charge is -2.27. The van der Waals surface area contributed by atoms with Gasteiger partial charge in [0.2, 0.25) is 0 Å². The average molecular weight is 577 g/mol. The number of carbonyl (C=O) groups excluding carboxylic acids is 1. The molecule has 0 saturated carbocycles. The van der Waals surface area contributed by atoms with E-state index in [1.54, 1.807) is 12.1 Å². The Morgan fingerprint density at radius 3 is 2.45 bits per heavy atom. The van der Waals surface area contributed by atoms with Gasteiger partial charge in [0, 0.05) is 53.4 Å². The van der Waals surface area contributed by atoms with Crippen LogP contribution in [0.3, 0.4) is 0 Å². The molecule has 2 atom stereocenters. The molecule has 2 aliphatic heterocycles. The molecule has 0 bridgehead atoms. The summed E-state index contributed by atoms with van der Waals surface area (Å²) >= 11 is 6.07. The minimum atomic E-state index is -0.0252. The summed E-state index contributed by atoms with van der Waals surface area (Å²) in [5.41, 5.74) is 19.0. The number of thiol groups is 1. The van der Waals surface area contributed by atoms with Gasteiger partial charge in [0.1, 0.15) is 0 Å². The number of hydrogen-bond acceptors (Lipinski definition) is 7. The van der Waals surface area contributed by atoms with Crippen LogP contribution in [0.15, 0.2) is 88.2 Å². The maximum Gasteiger partial charge on any atom is 0.251 e. The van der Waals surface area contributed by atoms with Crippen molar-refractivity contribution in [3.8, 4) is 0 Å². The smallest absolute Gasteiger partial charge is 0.251 e. The van der Waals surface area contributed by atoms with Crippen LogP contribution < -0.4 is 21.7 Å². The van der Waals surface area contributed by atoms with Crippen LogP contribution in [-0.4, -0.2) is 43.6 Å². The van der Waals surface area contributed by atoms with Crippen molar-refractivity contribution in [2.45, 2.75) is 60.4 Å². The van der Waals surface area contributed by atoms with Crippen molar-refractivity contribution >= 4 is 41.7 Å². The van der Waals surface area contributed by atoms with Gasteiger partial charge in [0.25, 0.3) is 5.91 Å². The molecule has 5 rings (SSSR count). The average Bonchev–Trinajstić information content (AvgIpc) is 3.30. The third-order valence-electron chi connectivity index (χ3n) is 7.15. The van der Waals surface area contributed by atoms with Gasteiger partial charge in [-0.2, -0.15) is 0 Å². The van der Waals surface area contributed by atoms with Gasteiger partial charge < -0.3 is 26.4 Å². The Kier molecular flexibility index (Phi) is 10.6. The van der Waals surface area contributed by atoms with Gasteiger partial charge in [0.15, 0.2) is 0 Å². The number of fused-ring (bicyclic) bond motifs is 1. The Balaban J connectivity index is 0.000000201. The number of hydrogen-bond donors (Lipinski definition) is 4. The molecule has 0 aliphatic carbocycles. The molecule has 2 aliphatic rings. The zero-order valence-corrected chi connectivity index (χ0v) is 25.2. The van der Waals surface area contributed by atoms with E-state index < -0.39 is 0 Å². The predicted molar refractivity (Wildman–Crippen MR) is 170 cm³/mol. The summed E-state index contributed by atoms with van der Waals surface area (Å²) in [5, 5.41) is 3.27. The molecule has 2 unspecified atom stereocenters. The van der Waals surface area contributed by atoms with Crippen molar-refractivity contribution in [3.63, 3.8) is 0 Å². The van der Waals surface area contributed by atoms with Crippen LogP contribution in [-0.2, 0) is 11.2 Å². The fraction of sp³-hybridized carbons (Fsp3) is 0.344. The minimum absolute atomic E-state index is 0.0252. The zero-order chi connectivity index (χ0) is 28.6. The number of likely N-dealkylation sites (N-methyl/N-ethyl adjacent to an activating group) is 1. The number of anilines is 1. The molecule has 212 valence electrons. The van der Waals surface area contributed by atoms with Crippen molar-refractivity contribution in [1.29, 1.82) is 0 Å². The van der Waals surface area contributed by atoms with E-state index in [4.69, 9.17) is 16.2 Å². The quantitative estimate of drug-likeness (QED) is 0.281. The van der Waals surface area contributed by atoms with E-state index in [1.807, 2.05) is 37.7 Å². The largest absolute Gasteiger partial charge is 0.398 e. The maximum absolute atomic E-state index is 11.9. The summed E-state index contributed by atoms with van der Waals surface area (Å²) in [6, 6.07) is 24.5. The van der Waals surface area contributed by atoms with Gasteiger partial charge in [-0.1, -0.05) is 53.7 Å². The second kappa shape index (κ2) is 14.1. The Bertz CT molecular complexity index is 1340. The minimum Gasteiger partial charge on any atom is -0.398 e. The summed E-state index contributed by atoms with van der Waals surface area (Å²) < 4.78 is 5.24. The molecule has 3 aromatic rings. The Morgan fingerprint density at radius 2 is 1.75 bits per heavy atom. The monoisotopic (exact) mass is 576 g/mol. The molecular weight excluding hydrogens is 537 g/mol. The fourth-order valence-corrected chi connectivity index (χ4v) is 6.37. The molecule has 40 heavy (non-hydrogen) atoms. The number of benzene rings is 3. The molecule has 3 aromatic carbocycles. The summed E-state index contributed by atoms with van der Waals surface area (Å²) in [5.74, 6) is -0.0252. The molecule has 0 spiro atoms. The van der Waals surface area contributed by atoms with Crippen LogP contribution in [0.2, 0.25) is 0 Å². The number of rotatable bonds is 6. The van der Waals surface area contributed by atoms with Gasteiger partial charge >= 0.3 is 0 Å². The zero-order valence-electron chi connectivity index (χ0n) is 23.5. The van der Waals surface area contributed by atoms with E-state index in [1.165, 1.54) is 16.1 Å². The first-order chi connectivity index (χ1) is 19.2. The number of nitrogens with one attached hydrogen (secondary N) is 1. The van der Waals surface area contributed by atoms with E-state index in [-0.39, 0.29) is 23.4 Å². The standard InChI is InChI=1S/C20H25N3S.C12H15NO2S/c1-13(2)19(22)15-8-6-7-14(11-15)12-16(21)20-23(3)17-9-4-5-10-18(17)24-20;14-12(9-2-1-3-11(16)8-9)13-10-4-6-15-7-5-10/h4-11,16,20H,12,21-22H2,1-3H3;1-3,8,10,16H,4-7H2,(H,13,14). The summed E-state index contributed by atoms with van der Waals surface area (Å²) in [6.07, 6.45) is 2.62. The van der Waals surface area contributed by atoms with Crippen molar-refractivity contribution < 1.29 is 9.53 Å². The third kappa shape index (κ3) is 7.85.